The zero-order valence-electron chi connectivity index (χ0n) is 17.6. The summed E-state index contributed by atoms with van der Waals surface area (Å²) in [6.07, 6.45) is 14.3. The molecule has 0 saturated heterocycles. The topological polar surface area (TPSA) is 26.3 Å². The van der Waals surface area contributed by atoms with Crippen molar-refractivity contribution < 1.29 is 9.53 Å². The highest BCUT2D eigenvalue weighted by molar-refractivity contribution is 5.83. The number of ketones is 1. The second-order valence-corrected chi connectivity index (χ2v) is 8.31. The van der Waals surface area contributed by atoms with E-state index in [0.717, 1.165) is 25.7 Å². The van der Waals surface area contributed by atoms with E-state index in [2.05, 4.69) is 38.1 Å². The molecule has 1 aromatic carbocycles. The number of hydrogen-bond acceptors (Lipinski definition) is 2. The molecule has 1 aromatic rings. The fourth-order valence-corrected chi connectivity index (χ4v) is 4.52. The molecule has 152 valence electrons. The van der Waals surface area contributed by atoms with Crippen LogP contribution in [0.4, 0.5) is 0 Å². The Hall–Kier alpha value is -1.15. The predicted molar refractivity (Wildman–Crippen MR) is 114 cm³/mol. The lowest BCUT2D eigenvalue weighted by Gasteiger charge is -2.28. The molecular formula is C25H40O2. The van der Waals surface area contributed by atoms with Crippen LogP contribution in [0.15, 0.2) is 30.3 Å². The first-order chi connectivity index (χ1) is 13.3. The van der Waals surface area contributed by atoms with Gasteiger partial charge in [0.25, 0.3) is 0 Å². The van der Waals surface area contributed by atoms with Crippen molar-refractivity contribution in [2.24, 2.45) is 11.8 Å². The Morgan fingerprint density at radius 2 is 1.67 bits per heavy atom. The molecule has 2 heteroatoms. The third-order valence-corrected chi connectivity index (χ3v) is 6.15. The normalized spacial score (nSPS) is 20.9. The van der Waals surface area contributed by atoms with Gasteiger partial charge < -0.3 is 4.74 Å². The number of carbonyl (C=O) groups is 1. The van der Waals surface area contributed by atoms with Crippen LogP contribution in [0.1, 0.15) is 96.5 Å². The van der Waals surface area contributed by atoms with E-state index >= 15 is 0 Å². The molecule has 0 radical (unpaired) electrons. The van der Waals surface area contributed by atoms with Gasteiger partial charge in [-0.3, -0.25) is 4.79 Å². The van der Waals surface area contributed by atoms with Gasteiger partial charge in [-0.1, -0.05) is 95.5 Å². The van der Waals surface area contributed by atoms with Crippen molar-refractivity contribution in [2.75, 3.05) is 0 Å². The molecule has 3 atom stereocenters. The van der Waals surface area contributed by atoms with E-state index < -0.39 is 0 Å². The van der Waals surface area contributed by atoms with E-state index in [1.807, 2.05) is 6.07 Å². The molecular weight excluding hydrogens is 332 g/mol. The maximum atomic E-state index is 12.5. The van der Waals surface area contributed by atoms with E-state index in [0.29, 0.717) is 18.3 Å². The van der Waals surface area contributed by atoms with Crippen molar-refractivity contribution >= 4 is 5.78 Å². The van der Waals surface area contributed by atoms with Gasteiger partial charge in [0.15, 0.2) is 0 Å². The lowest BCUT2D eigenvalue weighted by Crippen LogP contribution is -2.29. The molecule has 27 heavy (non-hydrogen) atoms. The van der Waals surface area contributed by atoms with E-state index in [1.165, 1.54) is 56.9 Å². The number of benzene rings is 1. The minimum atomic E-state index is 0.241. The second kappa shape index (κ2) is 13.1. The molecule has 1 aliphatic rings. The van der Waals surface area contributed by atoms with E-state index in [1.54, 1.807) is 0 Å². The average molecular weight is 373 g/mol. The van der Waals surface area contributed by atoms with Gasteiger partial charge in [-0.25, -0.2) is 0 Å². The average Bonchev–Trinajstić information content (AvgIpc) is 3.05. The van der Waals surface area contributed by atoms with E-state index in [9.17, 15) is 4.79 Å². The van der Waals surface area contributed by atoms with Crippen LogP contribution in [0, 0.1) is 11.8 Å². The molecule has 2 nitrogen and oxygen atoms in total. The Labute approximate surface area is 167 Å². The molecule has 0 spiro atoms. The van der Waals surface area contributed by atoms with Gasteiger partial charge in [0, 0.05) is 12.3 Å². The molecule has 0 heterocycles. The third kappa shape index (κ3) is 7.78. The fourth-order valence-electron chi connectivity index (χ4n) is 4.52. The summed E-state index contributed by atoms with van der Waals surface area (Å²) in [6, 6.07) is 10.5. The van der Waals surface area contributed by atoms with E-state index in [4.69, 9.17) is 4.74 Å². The minimum Gasteiger partial charge on any atom is -0.373 e. The van der Waals surface area contributed by atoms with Crippen molar-refractivity contribution in [3.63, 3.8) is 0 Å². The number of unbranched alkanes of at least 4 members (excludes halogenated alkanes) is 6. The molecule has 0 aromatic heterocycles. The molecule has 3 unspecified atom stereocenters. The Kier molecular flexibility index (Phi) is 10.7. The number of ether oxygens (including phenoxy) is 1. The van der Waals surface area contributed by atoms with Gasteiger partial charge >= 0.3 is 0 Å². The summed E-state index contributed by atoms with van der Waals surface area (Å²) in [7, 11) is 0. The lowest BCUT2D eigenvalue weighted by molar-refractivity contribution is -0.123. The van der Waals surface area contributed by atoms with Gasteiger partial charge in [0.1, 0.15) is 5.78 Å². The van der Waals surface area contributed by atoms with Gasteiger partial charge in [0.2, 0.25) is 0 Å². The monoisotopic (exact) mass is 372 g/mol. The van der Waals surface area contributed by atoms with Crippen LogP contribution < -0.4 is 0 Å². The number of rotatable bonds is 14. The Morgan fingerprint density at radius 3 is 2.41 bits per heavy atom. The zero-order valence-corrected chi connectivity index (χ0v) is 17.6. The summed E-state index contributed by atoms with van der Waals surface area (Å²) < 4.78 is 6.45. The Morgan fingerprint density at radius 1 is 0.963 bits per heavy atom. The van der Waals surface area contributed by atoms with E-state index in [-0.39, 0.29) is 12.0 Å². The van der Waals surface area contributed by atoms with Crippen molar-refractivity contribution in [3.05, 3.63) is 35.9 Å². The standard InChI is InChI=1S/C25H40O2/c1-3-5-7-8-13-17-25(27-20-21-14-11-9-12-15-21)23-18-19-24(26)22(23)16-10-6-4-2/h9,11-12,14-15,22-23,25H,3-8,10,13,16-20H2,1-2H3. The van der Waals surface area contributed by atoms with Crippen LogP contribution in [0.25, 0.3) is 0 Å². The molecule has 1 aliphatic carbocycles. The van der Waals surface area contributed by atoms with Gasteiger partial charge in [-0.15, -0.1) is 0 Å². The number of carbonyl (C=O) groups excluding carboxylic acids is 1. The maximum Gasteiger partial charge on any atom is 0.136 e. The van der Waals surface area contributed by atoms with Crippen molar-refractivity contribution in [3.8, 4) is 0 Å². The van der Waals surface area contributed by atoms with Crippen molar-refractivity contribution in [2.45, 2.75) is 104 Å². The Balaban J connectivity index is 1.94. The van der Waals surface area contributed by atoms with Gasteiger partial charge in [-0.05, 0) is 30.7 Å². The Bertz CT molecular complexity index is 510. The number of hydrogen-bond donors (Lipinski definition) is 0. The second-order valence-electron chi connectivity index (χ2n) is 8.31. The molecule has 0 N–H and O–H groups in total. The molecule has 0 amide bonds. The highest BCUT2D eigenvalue weighted by atomic mass is 16.5. The summed E-state index contributed by atoms with van der Waals surface area (Å²) in [5.41, 5.74) is 1.24. The third-order valence-electron chi connectivity index (χ3n) is 6.15. The zero-order chi connectivity index (χ0) is 19.3. The highest BCUT2D eigenvalue weighted by Gasteiger charge is 2.39. The van der Waals surface area contributed by atoms with Gasteiger partial charge in [-0.2, -0.15) is 0 Å². The number of Topliss-reactive ketones (excluding diaryl/α,β-unsaturated/α-hetero) is 1. The minimum absolute atomic E-state index is 0.241. The SMILES string of the molecule is CCCCCCCC(OCc1ccccc1)C1CCC(=O)C1CCCCC. The molecule has 0 bridgehead atoms. The first-order valence-corrected chi connectivity index (χ1v) is 11.4. The van der Waals surface area contributed by atoms with Crippen LogP contribution >= 0.6 is 0 Å². The van der Waals surface area contributed by atoms with Crippen LogP contribution in [0.2, 0.25) is 0 Å². The smallest absolute Gasteiger partial charge is 0.136 e. The summed E-state index contributed by atoms with van der Waals surface area (Å²) in [6.45, 7) is 5.17. The van der Waals surface area contributed by atoms with Crippen LogP contribution in [0.5, 0.6) is 0 Å². The summed E-state index contributed by atoms with van der Waals surface area (Å²) >= 11 is 0. The quantitative estimate of drug-likeness (QED) is 0.325. The predicted octanol–water partition coefficient (Wildman–Crippen LogP) is 7.11. The summed E-state index contributed by atoms with van der Waals surface area (Å²) in [4.78, 5) is 12.5. The van der Waals surface area contributed by atoms with Crippen LogP contribution in [-0.2, 0) is 16.1 Å². The van der Waals surface area contributed by atoms with Crippen LogP contribution in [-0.4, -0.2) is 11.9 Å². The first kappa shape index (κ1) is 22.1. The van der Waals surface area contributed by atoms with Crippen LogP contribution in [0.3, 0.4) is 0 Å². The summed E-state index contributed by atoms with van der Waals surface area (Å²) in [5, 5.41) is 0. The molecule has 1 fully saturated rings. The summed E-state index contributed by atoms with van der Waals surface area (Å²) in [5.74, 6) is 1.17. The van der Waals surface area contributed by atoms with Gasteiger partial charge in [0.05, 0.1) is 12.7 Å². The molecule has 2 rings (SSSR count). The maximum absolute atomic E-state index is 12.5. The fraction of sp³-hybridized carbons (Fsp3) is 0.720. The molecule has 1 saturated carbocycles. The molecule has 0 aliphatic heterocycles. The van der Waals surface area contributed by atoms with Crippen molar-refractivity contribution in [1.82, 2.24) is 0 Å². The lowest BCUT2D eigenvalue weighted by atomic mass is 9.84. The largest absolute Gasteiger partial charge is 0.373 e. The first-order valence-electron chi connectivity index (χ1n) is 11.4. The van der Waals surface area contributed by atoms with Crippen molar-refractivity contribution in [1.29, 1.82) is 0 Å². The highest BCUT2D eigenvalue weighted by Crippen LogP contribution is 2.38.